The summed E-state index contributed by atoms with van der Waals surface area (Å²) in [5.74, 6) is -0.142. The molecule has 5 nitrogen and oxygen atoms in total. The van der Waals surface area contributed by atoms with E-state index < -0.39 is 15.3 Å². The number of amides is 1. The molecule has 1 atom stereocenters. The second-order valence-electron chi connectivity index (χ2n) is 4.52. The molecule has 1 aromatic carbocycles. The van der Waals surface area contributed by atoms with E-state index in [-0.39, 0.29) is 5.91 Å². The van der Waals surface area contributed by atoms with Gasteiger partial charge in [0.15, 0.2) is 0 Å². The summed E-state index contributed by atoms with van der Waals surface area (Å²) >= 11 is 4.28. The summed E-state index contributed by atoms with van der Waals surface area (Å²) in [5.41, 5.74) is 1.06. The van der Waals surface area contributed by atoms with Gasteiger partial charge in [0, 0.05) is 13.1 Å². The number of rotatable bonds is 8. The predicted octanol–water partition coefficient (Wildman–Crippen LogP) is 0.583. The van der Waals surface area contributed by atoms with E-state index in [4.69, 9.17) is 0 Å². The van der Waals surface area contributed by atoms with Gasteiger partial charge in [-0.1, -0.05) is 30.3 Å². The lowest BCUT2D eigenvalue weighted by molar-refractivity contribution is -0.120. The highest BCUT2D eigenvalue weighted by atomic mass is 32.2. The average Bonchev–Trinajstić information content (AvgIpc) is 2.38. The largest absolute Gasteiger partial charge is 0.355 e. The average molecular weight is 316 g/mol. The van der Waals surface area contributed by atoms with Crippen molar-refractivity contribution in [1.82, 2.24) is 10.0 Å². The van der Waals surface area contributed by atoms with Crippen molar-refractivity contribution in [1.29, 1.82) is 0 Å². The second-order valence-corrected chi connectivity index (χ2v) is 6.97. The Hall–Kier alpha value is -1.05. The normalized spacial score (nSPS) is 12.9. The van der Waals surface area contributed by atoms with Crippen LogP contribution in [-0.2, 0) is 21.2 Å². The van der Waals surface area contributed by atoms with Crippen molar-refractivity contribution in [3.8, 4) is 0 Å². The van der Waals surface area contributed by atoms with Crippen LogP contribution in [0.4, 0.5) is 0 Å². The lowest BCUT2D eigenvalue weighted by Crippen LogP contribution is -2.35. The maximum atomic E-state index is 11.8. The number of benzene rings is 1. The van der Waals surface area contributed by atoms with Gasteiger partial charge < -0.3 is 5.32 Å². The highest BCUT2D eigenvalue weighted by Crippen LogP contribution is 2.07. The van der Waals surface area contributed by atoms with Gasteiger partial charge in [0.05, 0.1) is 11.5 Å². The maximum Gasteiger partial charge on any atom is 0.233 e. The Kier molecular flexibility index (Phi) is 7.04. The van der Waals surface area contributed by atoms with E-state index in [1.807, 2.05) is 30.3 Å². The molecule has 2 N–H and O–H groups in total. The summed E-state index contributed by atoms with van der Waals surface area (Å²) in [7, 11) is -3.16. The maximum absolute atomic E-state index is 11.8. The van der Waals surface area contributed by atoms with Crippen molar-refractivity contribution in [2.75, 3.05) is 19.3 Å². The molecule has 0 heterocycles. The topological polar surface area (TPSA) is 75.3 Å². The smallest absolute Gasteiger partial charge is 0.233 e. The number of nitrogens with one attached hydrogen (secondary N) is 2. The lowest BCUT2D eigenvalue weighted by atomic mass is 10.1. The molecule has 0 spiro atoms. The molecule has 1 rings (SSSR count). The van der Waals surface area contributed by atoms with E-state index in [1.165, 1.54) is 0 Å². The minimum absolute atomic E-state index is 0.142. The van der Waals surface area contributed by atoms with Gasteiger partial charge in [0.25, 0.3) is 0 Å². The predicted molar refractivity (Wildman–Crippen MR) is 83.4 cm³/mol. The van der Waals surface area contributed by atoms with Crippen LogP contribution in [0.1, 0.15) is 12.0 Å². The first-order valence-corrected chi connectivity index (χ1v) is 8.73. The number of carbonyl (C=O) groups excluding carboxylic acids is 1. The molecule has 20 heavy (non-hydrogen) atoms. The molecule has 0 aliphatic heterocycles. The van der Waals surface area contributed by atoms with E-state index in [0.717, 1.165) is 11.8 Å². The van der Waals surface area contributed by atoms with Crippen molar-refractivity contribution in [3.63, 3.8) is 0 Å². The zero-order valence-corrected chi connectivity index (χ0v) is 13.1. The van der Waals surface area contributed by atoms with Crippen LogP contribution in [0.25, 0.3) is 0 Å². The molecular weight excluding hydrogens is 296 g/mol. The summed E-state index contributed by atoms with van der Waals surface area (Å²) in [6.07, 6.45) is 2.22. The first-order chi connectivity index (χ1) is 9.38. The Morgan fingerprint density at radius 3 is 2.50 bits per heavy atom. The van der Waals surface area contributed by atoms with E-state index in [2.05, 4.69) is 22.7 Å². The van der Waals surface area contributed by atoms with Crippen LogP contribution in [0.3, 0.4) is 0 Å². The minimum atomic E-state index is -3.16. The fourth-order valence-corrected chi connectivity index (χ4v) is 2.42. The van der Waals surface area contributed by atoms with Crippen molar-refractivity contribution >= 4 is 28.6 Å². The number of carbonyl (C=O) groups is 1. The van der Waals surface area contributed by atoms with Gasteiger partial charge in [0.2, 0.25) is 15.9 Å². The monoisotopic (exact) mass is 316 g/mol. The molecule has 0 fully saturated rings. The highest BCUT2D eigenvalue weighted by molar-refractivity contribution is 7.88. The molecule has 0 bridgehead atoms. The van der Waals surface area contributed by atoms with Crippen molar-refractivity contribution in [2.24, 2.45) is 0 Å². The summed E-state index contributed by atoms with van der Waals surface area (Å²) in [6.45, 7) is 0.738. The Bertz CT molecular complexity index is 518. The van der Waals surface area contributed by atoms with Crippen LogP contribution in [0.15, 0.2) is 30.3 Å². The fraction of sp³-hybridized carbons (Fsp3) is 0.462. The van der Waals surface area contributed by atoms with Crippen LogP contribution in [-0.4, -0.2) is 38.9 Å². The lowest BCUT2D eigenvalue weighted by Gasteiger charge is -2.11. The Morgan fingerprint density at radius 1 is 1.25 bits per heavy atom. The minimum Gasteiger partial charge on any atom is -0.355 e. The quantitative estimate of drug-likeness (QED) is 0.485. The zero-order chi connectivity index (χ0) is 15.0. The Labute approximate surface area is 125 Å². The molecule has 0 radical (unpaired) electrons. The molecule has 1 amide bonds. The van der Waals surface area contributed by atoms with Gasteiger partial charge in [-0.3, -0.25) is 4.79 Å². The Morgan fingerprint density at radius 2 is 1.90 bits per heavy atom. The van der Waals surface area contributed by atoms with Gasteiger partial charge >= 0.3 is 0 Å². The van der Waals surface area contributed by atoms with Crippen LogP contribution >= 0.6 is 12.6 Å². The van der Waals surface area contributed by atoms with Crippen molar-refractivity contribution < 1.29 is 13.2 Å². The summed E-state index contributed by atoms with van der Waals surface area (Å²) in [4.78, 5) is 11.8. The first kappa shape index (κ1) is 17.0. The molecule has 0 aromatic heterocycles. The summed E-state index contributed by atoms with van der Waals surface area (Å²) < 4.78 is 24.0. The van der Waals surface area contributed by atoms with Crippen molar-refractivity contribution in [2.45, 2.75) is 18.1 Å². The van der Waals surface area contributed by atoms with Crippen LogP contribution < -0.4 is 10.0 Å². The molecule has 0 aliphatic rings. The summed E-state index contributed by atoms with van der Waals surface area (Å²) in [6, 6.07) is 9.67. The van der Waals surface area contributed by atoms with Gasteiger partial charge in [-0.15, -0.1) is 0 Å². The molecule has 7 heteroatoms. The van der Waals surface area contributed by atoms with E-state index in [1.54, 1.807) is 0 Å². The number of sulfonamides is 1. The fourth-order valence-electron chi connectivity index (χ4n) is 1.61. The first-order valence-electron chi connectivity index (χ1n) is 6.33. The summed E-state index contributed by atoms with van der Waals surface area (Å²) in [5, 5.41) is 2.34. The number of hydrogen-bond acceptors (Lipinski definition) is 4. The third-order valence-corrected chi connectivity index (χ3v) is 3.74. The van der Waals surface area contributed by atoms with Crippen molar-refractivity contribution in [3.05, 3.63) is 35.9 Å². The molecule has 1 aromatic rings. The van der Waals surface area contributed by atoms with E-state index in [9.17, 15) is 13.2 Å². The molecule has 1 unspecified atom stereocenters. The van der Waals surface area contributed by atoms with Gasteiger partial charge in [0.1, 0.15) is 0 Å². The van der Waals surface area contributed by atoms with Gasteiger partial charge in [-0.2, -0.15) is 12.6 Å². The van der Waals surface area contributed by atoms with Gasteiger partial charge in [-0.25, -0.2) is 13.1 Å². The highest BCUT2D eigenvalue weighted by Gasteiger charge is 2.13. The molecule has 112 valence electrons. The third-order valence-electron chi connectivity index (χ3n) is 2.59. The van der Waals surface area contributed by atoms with Gasteiger partial charge in [-0.05, 0) is 18.4 Å². The molecular formula is C13H20N2O3S2. The number of hydrogen-bond donors (Lipinski definition) is 3. The standard InChI is InChI=1S/C13H20N2O3S2/c1-20(17,18)15-9-5-8-14-13(16)12(19)10-11-6-3-2-4-7-11/h2-4,6-7,12,15,19H,5,8-10H2,1H3,(H,14,16). The van der Waals surface area contributed by atoms with Crippen LogP contribution in [0, 0.1) is 0 Å². The van der Waals surface area contributed by atoms with Crippen LogP contribution in [0.2, 0.25) is 0 Å². The van der Waals surface area contributed by atoms with Crippen LogP contribution in [0.5, 0.6) is 0 Å². The molecule has 0 saturated heterocycles. The zero-order valence-electron chi connectivity index (χ0n) is 11.4. The number of thiol groups is 1. The Balaban J connectivity index is 2.22. The van der Waals surface area contributed by atoms with E-state index >= 15 is 0 Å². The third kappa shape index (κ3) is 7.52. The molecule has 0 saturated carbocycles. The van der Waals surface area contributed by atoms with E-state index in [0.29, 0.717) is 25.9 Å². The SMILES string of the molecule is CS(=O)(=O)NCCCNC(=O)C(S)Cc1ccccc1. The second kappa shape index (κ2) is 8.28. The molecule has 0 aliphatic carbocycles.